The highest BCUT2D eigenvalue weighted by Gasteiger charge is 2.01. The van der Waals surface area contributed by atoms with Crippen molar-refractivity contribution < 1.29 is 5.11 Å². The number of rotatable bonds is 2. The van der Waals surface area contributed by atoms with Crippen molar-refractivity contribution in [2.75, 3.05) is 0 Å². The van der Waals surface area contributed by atoms with Crippen LogP contribution in [0.5, 0.6) is 0 Å². The molecule has 0 fully saturated rings. The number of hydrogen-bond acceptors (Lipinski definition) is 3. The molecule has 56 valence electrons. The lowest BCUT2D eigenvalue weighted by Gasteiger charge is -1.97. The van der Waals surface area contributed by atoms with E-state index in [1.807, 2.05) is 12.3 Å². The normalized spacial score (nSPS) is 13.5. The topological polar surface area (TPSA) is 33.1 Å². The van der Waals surface area contributed by atoms with Crippen LogP contribution in [0.3, 0.4) is 0 Å². The maximum atomic E-state index is 8.98. The molecule has 0 saturated carbocycles. The second-order valence-electron chi connectivity index (χ2n) is 2.41. The van der Waals surface area contributed by atoms with Crippen molar-refractivity contribution in [3.05, 3.63) is 16.1 Å². The number of aryl methyl sites for hydroxylation is 1. The quantitative estimate of drug-likeness (QED) is 0.703. The van der Waals surface area contributed by atoms with E-state index >= 15 is 0 Å². The minimum absolute atomic E-state index is 0.276. The summed E-state index contributed by atoms with van der Waals surface area (Å²) in [5.41, 5.74) is 0.998. The molecule has 2 nitrogen and oxygen atoms in total. The van der Waals surface area contributed by atoms with E-state index < -0.39 is 0 Å². The van der Waals surface area contributed by atoms with Crippen molar-refractivity contribution in [1.82, 2.24) is 4.98 Å². The minimum Gasteiger partial charge on any atom is -0.393 e. The molecular weight excluding hydrogens is 146 g/mol. The average Bonchev–Trinajstić information content (AvgIpc) is 2.13. The van der Waals surface area contributed by atoms with E-state index in [0.29, 0.717) is 6.42 Å². The van der Waals surface area contributed by atoms with Crippen LogP contribution in [-0.4, -0.2) is 16.2 Å². The Bertz CT molecular complexity index is 207. The van der Waals surface area contributed by atoms with Crippen molar-refractivity contribution in [1.29, 1.82) is 0 Å². The van der Waals surface area contributed by atoms with Crippen LogP contribution in [0, 0.1) is 6.92 Å². The molecule has 1 heterocycles. The summed E-state index contributed by atoms with van der Waals surface area (Å²) in [6.45, 7) is 3.74. The zero-order valence-corrected chi connectivity index (χ0v) is 6.98. The molecule has 0 bridgehead atoms. The van der Waals surface area contributed by atoms with Crippen molar-refractivity contribution in [2.24, 2.45) is 0 Å². The largest absolute Gasteiger partial charge is 0.393 e. The van der Waals surface area contributed by atoms with Crippen LogP contribution < -0.4 is 0 Å². The van der Waals surface area contributed by atoms with Gasteiger partial charge in [0.05, 0.1) is 16.8 Å². The van der Waals surface area contributed by atoms with Crippen LogP contribution in [-0.2, 0) is 6.42 Å². The van der Waals surface area contributed by atoms with Crippen LogP contribution >= 0.6 is 11.3 Å². The van der Waals surface area contributed by atoms with Gasteiger partial charge in [0, 0.05) is 11.8 Å². The highest BCUT2D eigenvalue weighted by atomic mass is 32.1. The van der Waals surface area contributed by atoms with E-state index in [2.05, 4.69) is 4.98 Å². The molecule has 0 spiro atoms. The maximum Gasteiger partial charge on any atom is 0.0897 e. The number of thiazole rings is 1. The Morgan fingerprint density at radius 2 is 2.50 bits per heavy atom. The van der Waals surface area contributed by atoms with Crippen LogP contribution in [0.2, 0.25) is 0 Å². The summed E-state index contributed by atoms with van der Waals surface area (Å²) < 4.78 is 0. The van der Waals surface area contributed by atoms with Gasteiger partial charge in [-0.1, -0.05) is 0 Å². The molecule has 0 aliphatic heterocycles. The first-order chi connectivity index (χ1) is 4.68. The Balaban J connectivity index is 2.58. The maximum absolute atomic E-state index is 8.98. The number of nitrogens with zero attached hydrogens (tertiary/aromatic N) is 1. The second kappa shape index (κ2) is 3.12. The number of aliphatic hydroxyl groups excluding tert-OH is 1. The molecule has 0 aliphatic rings. The third-order valence-corrected chi connectivity index (χ3v) is 1.99. The van der Waals surface area contributed by atoms with Gasteiger partial charge in [-0.2, -0.15) is 0 Å². The van der Waals surface area contributed by atoms with E-state index in [-0.39, 0.29) is 6.10 Å². The summed E-state index contributed by atoms with van der Waals surface area (Å²) in [6, 6.07) is 0. The Morgan fingerprint density at radius 3 is 2.90 bits per heavy atom. The fourth-order valence-corrected chi connectivity index (χ4v) is 1.43. The third kappa shape index (κ3) is 2.08. The molecule has 1 aromatic rings. The fraction of sp³-hybridized carbons (Fsp3) is 0.571. The highest BCUT2D eigenvalue weighted by molar-refractivity contribution is 7.09. The zero-order chi connectivity index (χ0) is 7.56. The molecule has 0 aliphatic carbocycles. The number of aliphatic hydroxyl groups is 1. The number of hydrogen-bond donors (Lipinski definition) is 1. The Labute approximate surface area is 64.5 Å². The van der Waals surface area contributed by atoms with E-state index in [1.165, 1.54) is 0 Å². The summed E-state index contributed by atoms with van der Waals surface area (Å²) in [7, 11) is 0. The Kier molecular flexibility index (Phi) is 2.40. The van der Waals surface area contributed by atoms with Gasteiger partial charge < -0.3 is 5.11 Å². The van der Waals surface area contributed by atoms with Gasteiger partial charge >= 0.3 is 0 Å². The second-order valence-corrected chi connectivity index (χ2v) is 3.47. The van der Waals surface area contributed by atoms with E-state index in [0.717, 1.165) is 10.7 Å². The van der Waals surface area contributed by atoms with Gasteiger partial charge in [-0.3, -0.25) is 0 Å². The molecule has 10 heavy (non-hydrogen) atoms. The average molecular weight is 157 g/mol. The van der Waals surface area contributed by atoms with E-state index in [1.54, 1.807) is 18.3 Å². The Hall–Kier alpha value is -0.410. The summed E-state index contributed by atoms with van der Waals surface area (Å²) in [6.07, 6.45) is 0.395. The lowest BCUT2D eigenvalue weighted by Crippen LogP contribution is -2.04. The predicted molar refractivity (Wildman–Crippen MR) is 42.2 cm³/mol. The molecule has 1 atom stereocenters. The van der Waals surface area contributed by atoms with Crippen LogP contribution in [0.1, 0.15) is 17.6 Å². The molecule has 1 rings (SSSR count). The third-order valence-electron chi connectivity index (χ3n) is 1.17. The molecule has 0 amide bonds. The van der Waals surface area contributed by atoms with Gasteiger partial charge in [0.1, 0.15) is 0 Å². The molecule has 3 heteroatoms. The Morgan fingerprint density at radius 1 is 1.80 bits per heavy atom. The summed E-state index contributed by atoms with van der Waals surface area (Å²) in [5, 5.41) is 12.0. The molecule has 0 saturated heterocycles. The monoisotopic (exact) mass is 157 g/mol. The molecule has 0 unspecified atom stereocenters. The fourth-order valence-electron chi connectivity index (χ4n) is 0.805. The standard InChI is InChI=1S/C7H11NOS/c1-5(9)3-7-4-10-6(2)8-7/h4-5,9H,3H2,1-2H3/t5-/m1/s1. The van der Waals surface area contributed by atoms with Gasteiger partial charge in [-0.15, -0.1) is 11.3 Å². The van der Waals surface area contributed by atoms with Crippen LogP contribution in [0.4, 0.5) is 0 Å². The first-order valence-corrected chi connectivity index (χ1v) is 4.15. The molecule has 0 radical (unpaired) electrons. The lowest BCUT2D eigenvalue weighted by molar-refractivity contribution is 0.194. The van der Waals surface area contributed by atoms with E-state index in [9.17, 15) is 0 Å². The van der Waals surface area contributed by atoms with Crippen molar-refractivity contribution >= 4 is 11.3 Å². The molecule has 1 aromatic heterocycles. The van der Waals surface area contributed by atoms with E-state index in [4.69, 9.17) is 5.11 Å². The predicted octanol–water partition coefficient (Wildman–Crippen LogP) is 1.37. The highest BCUT2D eigenvalue weighted by Crippen LogP contribution is 2.09. The summed E-state index contributed by atoms with van der Waals surface area (Å²) in [5.74, 6) is 0. The van der Waals surface area contributed by atoms with Crippen molar-refractivity contribution in [3.8, 4) is 0 Å². The summed E-state index contributed by atoms with van der Waals surface area (Å²) in [4.78, 5) is 4.21. The molecule has 0 aromatic carbocycles. The van der Waals surface area contributed by atoms with Gasteiger partial charge in [0.25, 0.3) is 0 Å². The van der Waals surface area contributed by atoms with Gasteiger partial charge in [0.15, 0.2) is 0 Å². The van der Waals surface area contributed by atoms with Gasteiger partial charge in [0.2, 0.25) is 0 Å². The zero-order valence-electron chi connectivity index (χ0n) is 6.16. The smallest absolute Gasteiger partial charge is 0.0897 e. The number of aromatic nitrogens is 1. The first kappa shape index (κ1) is 7.69. The first-order valence-electron chi connectivity index (χ1n) is 3.27. The molecular formula is C7H11NOS. The summed E-state index contributed by atoms with van der Waals surface area (Å²) >= 11 is 1.62. The van der Waals surface area contributed by atoms with Crippen LogP contribution in [0.15, 0.2) is 5.38 Å². The van der Waals surface area contributed by atoms with Gasteiger partial charge in [-0.25, -0.2) is 4.98 Å². The van der Waals surface area contributed by atoms with Gasteiger partial charge in [-0.05, 0) is 13.8 Å². The lowest BCUT2D eigenvalue weighted by atomic mass is 10.2. The minimum atomic E-state index is -0.276. The van der Waals surface area contributed by atoms with Crippen molar-refractivity contribution in [3.63, 3.8) is 0 Å². The van der Waals surface area contributed by atoms with Crippen LogP contribution in [0.25, 0.3) is 0 Å². The molecule has 1 N–H and O–H groups in total. The van der Waals surface area contributed by atoms with Crippen molar-refractivity contribution in [2.45, 2.75) is 26.4 Å². The SMILES string of the molecule is Cc1nc(C[C@@H](C)O)cs1.